The van der Waals surface area contributed by atoms with Gasteiger partial charge in [0.1, 0.15) is 0 Å². The maximum atomic E-state index is 4.29. The Kier molecular flexibility index (Phi) is 2.05. The third-order valence-electron chi connectivity index (χ3n) is 2.04. The molecule has 0 unspecified atom stereocenters. The van der Waals surface area contributed by atoms with Crippen LogP contribution in [-0.4, -0.2) is 9.55 Å². The summed E-state index contributed by atoms with van der Waals surface area (Å²) in [4.78, 5) is 4.29. The molecule has 0 fully saturated rings. The molecule has 0 saturated carbocycles. The van der Waals surface area contributed by atoms with E-state index in [1.165, 1.54) is 5.39 Å². The summed E-state index contributed by atoms with van der Waals surface area (Å²) in [5, 5.41) is 1.23. The molecule has 0 radical (unpaired) electrons. The topological polar surface area (TPSA) is 17.8 Å². The number of aromatic nitrogens is 2. The van der Waals surface area contributed by atoms with Crippen LogP contribution in [0.3, 0.4) is 0 Å². The van der Waals surface area contributed by atoms with Crippen LogP contribution in [-0.2, 0) is 6.54 Å². The molecule has 2 heterocycles. The summed E-state index contributed by atoms with van der Waals surface area (Å²) < 4.78 is 2.21. The van der Waals surface area contributed by atoms with E-state index in [0.717, 1.165) is 12.1 Å². The largest absolute Gasteiger partial charge is 0.351 e. The monoisotopic (exact) mass is 174 g/mol. The van der Waals surface area contributed by atoms with Crippen LogP contribution in [0.2, 0.25) is 0 Å². The van der Waals surface area contributed by atoms with Gasteiger partial charge in [0.2, 0.25) is 0 Å². The summed E-state index contributed by atoms with van der Waals surface area (Å²) in [6.07, 6.45) is 6.10. The molecule has 0 aliphatic rings. The fourth-order valence-corrected chi connectivity index (χ4v) is 1.55. The number of hydrogen-bond acceptors (Lipinski definition) is 1. The molecule has 68 valence electrons. The van der Waals surface area contributed by atoms with Crippen LogP contribution >= 0.6 is 0 Å². The van der Waals surface area contributed by atoms with E-state index in [1.54, 1.807) is 0 Å². The number of nitrogens with zero attached hydrogens (tertiary/aromatic N) is 2. The number of hydrogen-bond donors (Lipinski definition) is 0. The first kappa shape index (κ1) is 8.30. The quantitative estimate of drug-likeness (QED) is 0.684. The molecule has 2 nitrogen and oxygen atoms in total. The van der Waals surface area contributed by atoms with E-state index >= 15 is 0 Å². The maximum Gasteiger partial charge on any atom is 0.0878 e. The third-order valence-corrected chi connectivity index (χ3v) is 2.04. The molecule has 2 aromatic heterocycles. The normalized spacial score (nSPS) is 11.3. The second kappa shape index (κ2) is 3.21. The van der Waals surface area contributed by atoms with Gasteiger partial charge < -0.3 is 4.57 Å². The first-order valence-electron chi connectivity index (χ1n) is 4.66. The van der Waals surface area contributed by atoms with Crippen LogP contribution in [0.1, 0.15) is 13.8 Å². The fourth-order valence-electron chi connectivity index (χ4n) is 1.55. The van der Waals surface area contributed by atoms with Gasteiger partial charge in [-0.1, -0.05) is 13.8 Å². The number of fused-ring (bicyclic) bond motifs is 1. The number of pyridine rings is 1. The van der Waals surface area contributed by atoms with Gasteiger partial charge in [-0.05, 0) is 18.1 Å². The Labute approximate surface area is 78.2 Å². The first-order valence-corrected chi connectivity index (χ1v) is 4.66. The van der Waals surface area contributed by atoms with E-state index in [4.69, 9.17) is 0 Å². The van der Waals surface area contributed by atoms with Crippen LogP contribution < -0.4 is 0 Å². The molecule has 0 aliphatic carbocycles. The molecule has 0 spiro atoms. The Balaban J connectivity index is 2.38. The Morgan fingerprint density at radius 3 is 2.92 bits per heavy atom. The molecule has 0 atom stereocenters. The lowest BCUT2D eigenvalue weighted by molar-refractivity contribution is 0.526. The average Bonchev–Trinajstić information content (AvgIpc) is 2.44. The Bertz CT molecular complexity index is 368. The summed E-state index contributed by atoms with van der Waals surface area (Å²) in [5.74, 6) is 0.682. The van der Waals surface area contributed by atoms with E-state index in [2.05, 4.69) is 41.9 Å². The van der Waals surface area contributed by atoms with Crippen molar-refractivity contribution in [3.63, 3.8) is 0 Å². The number of rotatable bonds is 2. The van der Waals surface area contributed by atoms with Crippen molar-refractivity contribution in [2.24, 2.45) is 5.92 Å². The molecule has 0 saturated heterocycles. The maximum absolute atomic E-state index is 4.29. The Hall–Kier alpha value is -1.31. The highest BCUT2D eigenvalue weighted by Gasteiger charge is 1.99. The predicted octanol–water partition coefficient (Wildman–Crippen LogP) is 2.69. The van der Waals surface area contributed by atoms with Gasteiger partial charge in [-0.3, -0.25) is 4.98 Å². The average molecular weight is 174 g/mol. The SMILES string of the molecule is CC(C)Cn1cc2cccnc2c1. The molecular formula is C11H14N2. The predicted molar refractivity (Wildman–Crippen MR) is 54.6 cm³/mol. The Morgan fingerprint density at radius 1 is 1.38 bits per heavy atom. The van der Waals surface area contributed by atoms with Crippen LogP contribution in [0.25, 0.3) is 10.9 Å². The van der Waals surface area contributed by atoms with Gasteiger partial charge in [0.25, 0.3) is 0 Å². The van der Waals surface area contributed by atoms with Crippen molar-refractivity contribution in [3.8, 4) is 0 Å². The fraction of sp³-hybridized carbons (Fsp3) is 0.364. The summed E-state index contributed by atoms with van der Waals surface area (Å²) in [6.45, 7) is 5.51. The van der Waals surface area contributed by atoms with E-state index < -0.39 is 0 Å². The molecular weight excluding hydrogens is 160 g/mol. The van der Waals surface area contributed by atoms with E-state index in [-0.39, 0.29) is 0 Å². The zero-order chi connectivity index (χ0) is 9.26. The summed E-state index contributed by atoms with van der Waals surface area (Å²) in [7, 11) is 0. The second-order valence-electron chi connectivity index (χ2n) is 3.83. The summed E-state index contributed by atoms with van der Waals surface area (Å²) >= 11 is 0. The molecule has 0 bridgehead atoms. The molecule has 2 heteroatoms. The first-order chi connectivity index (χ1) is 6.25. The zero-order valence-electron chi connectivity index (χ0n) is 8.07. The molecule has 2 rings (SSSR count). The van der Waals surface area contributed by atoms with Crippen molar-refractivity contribution in [2.45, 2.75) is 20.4 Å². The van der Waals surface area contributed by atoms with Gasteiger partial charge in [0.15, 0.2) is 0 Å². The van der Waals surface area contributed by atoms with E-state index in [9.17, 15) is 0 Å². The van der Waals surface area contributed by atoms with Gasteiger partial charge in [0.05, 0.1) is 5.52 Å². The van der Waals surface area contributed by atoms with E-state index in [0.29, 0.717) is 5.92 Å². The van der Waals surface area contributed by atoms with Gasteiger partial charge in [-0.15, -0.1) is 0 Å². The van der Waals surface area contributed by atoms with Crippen molar-refractivity contribution >= 4 is 10.9 Å². The highest BCUT2D eigenvalue weighted by atomic mass is 15.0. The summed E-state index contributed by atoms with van der Waals surface area (Å²) in [6, 6.07) is 4.07. The van der Waals surface area contributed by atoms with Crippen LogP contribution in [0.15, 0.2) is 30.7 Å². The van der Waals surface area contributed by atoms with Crippen LogP contribution in [0, 0.1) is 5.92 Å². The molecule has 0 aliphatic heterocycles. The van der Waals surface area contributed by atoms with Crippen molar-refractivity contribution in [3.05, 3.63) is 30.7 Å². The minimum absolute atomic E-state index is 0.682. The molecule has 0 aromatic carbocycles. The molecule has 13 heavy (non-hydrogen) atoms. The van der Waals surface area contributed by atoms with Gasteiger partial charge in [-0.2, -0.15) is 0 Å². The Morgan fingerprint density at radius 2 is 2.23 bits per heavy atom. The van der Waals surface area contributed by atoms with E-state index in [1.807, 2.05) is 12.3 Å². The van der Waals surface area contributed by atoms with Crippen molar-refractivity contribution in [1.29, 1.82) is 0 Å². The van der Waals surface area contributed by atoms with Gasteiger partial charge in [0, 0.05) is 30.5 Å². The lowest BCUT2D eigenvalue weighted by atomic mass is 10.2. The smallest absolute Gasteiger partial charge is 0.0878 e. The van der Waals surface area contributed by atoms with Crippen LogP contribution in [0.4, 0.5) is 0 Å². The van der Waals surface area contributed by atoms with Gasteiger partial charge in [-0.25, -0.2) is 0 Å². The highest BCUT2D eigenvalue weighted by Crippen LogP contribution is 2.12. The lowest BCUT2D eigenvalue weighted by Gasteiger charge is -2.04. The minimum atomic E-state index is 0.682. The third kappa shape index (κ3) is 1.72. The summed E-state index contributed by atoms with van der Waals surface area (Å²) in [5.41, 5.74) is 1.09. The standard InChI is InChI=1S/C11H14N2/c1-9(2)6-13-7-10-4-3-5-12-11(10)8-13/h3-5,7-9H,6H2,1-2H3. The molecule has 2 aromatic rings. The van der Waals surface area contributed by atoms with Crippen molar-refractivity contribution in [1.82, 2.24) is 9.55 Å². The second-order valence-corrected chi connectivity index (χ2v) is 3.83. The highest BCUT2D eigenvalue weighted by molar-refractivity contribution is 5.77. The van der Waals surface area contributed by atoms with Crippen molar-refractivity contribution in [2.75, 3.05) is 0 Å². The lowest BCUT2D eigenvalue weighted by Crippen LogP contribution is -2.00. The minimum Gasteiger partial charge on any atom is -0.351 e. The van der Waals surface area contributed by atoms with Crippen molar-refractivity contribution < 1.29 is 0 Å². The van der Waals surface area contributed by atoms with Gasteiger partial charge >= 0.3 is 0 Å². The zero-order valence-corrected chi connectivity index (χ0v) is 8.07. The molecule has 0 amide bonds. The molecule has 0 N–H and O–H groups in total. The van der Waals surface area contributed by atoms with Crippen LogP contribution in [0.5, 0.6) is 0 Å².